The summed E-state index contributed by atoms with van der Waals surface area (Å²) in [5, 5.41) is 9.54. The zero-order valence-electron chi connectivity index (χ0n) is 17.3. The van der Waals surface area contributed by atoms with E-state index in [-0.39, 0.29) is 36.0 Å². The second kappa shape index (κ2) is 13.6. The zero-order valence-corrected chi connectivity index (χ0v) is 19.6. The van der Waals surface area contributed by atoms with Gasteiger partial charge in [-0.3, -0.25) is 4.79 Å². The third-order valence-corrected chi connectivity index (χ3v) is 4.54. The molecule has 1 amide bonds. The summed E-state index contributed by atoms with van der Waals surface area (Å²) in [6.45, 7) is 7.95. The van der Waals surface area contributed by atoms with Gasteiger partial charge in [0.1, 0.15) is 11.9 Å². The number of amides is 1. The highest BCUT2D eigenvalue weighted by atomic mass is 127. The van der Waals surface area contributed by atoms with E-state index >= 15 is 0 Å². The Morgan fingerprint density at radius 2 is 2.04 bits per heavy atom. The zero-order chi connectivity index (χ0) is 19.5. The molecule has 28 heavy (non-hydrogen) atoms. The first-order valence-corrected chi connectivity index (χ1v) is 10.1. The van der Waals surface area contributed by atoms with E-state index in [0.717, 1.165) is 25.1 Å². The van der Waals surface area contributed by atoms with Gasteiger partial charge in [-0.05, 0) is 51.3 Å². The Bertz CT molecular complexity index is 618. The Balaban J connectivity index is 0.00000392. The lowest BCUT2D eigenvalue weighted by Gasteiger charge is -2.16. The van der Waals surface area contributed by atoms with Gasteiger partial charge in [0.15, 0.2) is 5.96 Å². The van der Waals surface area contributed by atoms with Crippen LogP contribution in [0.25, 0.3) is 0 Å². The smallest absolute Gasteiger partial charge is 0.221 e. The van der Waals surface area contributed by atoms with E-state index in [2.05, 4.69) is 20.9 Å². The van der Waals surface area contributed by atoms with Crippen LogP contribution in [0.4, 0.5) is 0 Å². The third kappa shape index (κ3) is 9.61. The molecule has 1 aliphatic carbocycles. The number of aliphatic imine (C=N–C) groups is 1. The highest BCUT2D eigenvalue weighted by Crippen LogP contribution is 2.17. The lowest BCUT2D eigenvalue weighted by molar-refractivity contribution is -0.121. The maximum atomic E-state index is 12.0. The SMILES string of the molecule is CCNC(=NCC(C)Oc1cccc(C)c1)NCCC(=O)NC1CCCC1.I. The van der Waals surface area contributed by atoms with Gasteiger partial charge in [-0.15, -0.1) is 24.0 Å². The van der Waals surface area contributed by atoms with E-state index in [4.69, 9.17) is 4.74 Å². The molecule has 0 radical (unpaired) electrons. The molecule has 1 aromatic rings. The van der Waals surface area contributed by atoms with Gasteiger partial charge >= 0.3 is 0 Å². The Morgan fingerprint density at radius 3 is 2.71 bits per heavy atom. The molecule has 7 heteroatoms. The number of aryl methyl sites for hydroxylation is 1. The van der Waals surface area contributed by atoms with Crippen LogP contribution in [0.2, 0.25) is 0 Å². The van der Waals surface area contributed by atoms with Gasteiger partial charge in [-0.2, -0.15) is 0 Å². The molecule has 2 rings (SSSR count). The molecular weight excluding hydrogens is 467 g/mol. The normalized spacial score (nSPS) is 15.5. The number of nitrogens with zero attached hydrogens (tertiary/aromatic N) is 1. The predicted molar refractivity (Wildman–Crippen MR) is 126 cm³/mol. The maximum Gasteiger partial charge on any atom is 0.221 e. The van der Waals surface area contributed by atoms with Crippen molar-refractivity contribution in [2.75, 3.05) is 19.6 Å². The molecule has 0 heterocycles. The van der Waals surface area contributed by atoms with E-state index in [0.29, 0.717) is 31.5 Å². The van der Waals surface area contributed by atoms with Crippen LogP contribution in [0.1, 0.15) is 51.5 Å². The minimum Gasteiger partial charge on any atom is -0.489 e. The lowest BCUT2D eigenvalue weighted by atomic mass is 10.2. The summed E-state index contributed by atoms with van der Waals surface area (Å²) >= 11 is 0. The molecule has 158 valence electrons. The molecule has 0 aromatic heterocycles. The Hall–Kier alpha value is -1.51. The number of carbonyl (C=O) groups excluding carboxylic acids is 1. The first-order valence-electron chi connectivity index (χ1n) is 10.1. The van der Waals surface area contributed by atoms with Crippen molar-refractivity contribution >= 4 is 35.8 Å². The average molecular weight is 502 g/mol. The number of carbonyl (C=O) groups is 1. The first-order chi connectivity index (χ1) is 13.1. The van der Waals surface area contributed by atoms with E-state index in [9.17, 15) is 4.79 Å². The van der Waals surface area contributed by atoms with Gasteiger partial charge in [-0.1, -0.05) is 25.0 Å². The van der Waals surface area contributed by atoms with Crippen molar-refractivity contribution in [1.29, 1.82) is 0 Å². The summed E-state index contributed by atoms with van der Waals surface area (Å²) in [5.41, 5.74) is 1.18. The fourth-order valence-corrected chi connectivity index (χ4v) is 3.18. The van der Waals surface area contributed by atoms with Crippen LogP contribution in [-0.4, -0.2) is 43.6 Å². The number of halogens is 1. The van der Waals surface area contributed by atoms with Crippen LogP contribution < -0.4 is 20.7 Å². The lowest BCUT2D eigenvalue weighted by Crippen LogP contribution is -2.41. The summed E-state index contributed by atoms with van der Waals surface area (Å²) in [4.78, 5) is 16.6. The van der Waals surface area contributed by atoms with Crippen molar-refractivity contribution in [3.05, 3.63) is 29.8 Å². The molecule has 1 aliphatic rings. The van der Waals surface area contributed by atoms with Crippen LogP contribution in [0, 0.1) is 6.92 Å². The topological polar surface area (TPSA) is 74.8 Å². The summed E-state index contributed by atoms with van der Waals surface area (Å²) in [5.74, 6) is 1.69. The molecule has 1 atom stereocenters. The van der Waals surface area contributed by atoms with Crippen LogP contribution >= 0.6 is 24.0 Å². The molecule has 0 saturated heterocycles. The number of ether oxygens (including phenoxy) is 1. The van der Waals surface area contributed by atoms with E-state index < -0.39 is 0 Å². The summed E-state index contributed by atoms with van der Waals surface area (Å²) in [6.07, 6.45) is 5.10. The molecule has 1 unspecified atom stereocenters. The Kier molecular flexibility index (Phi) is 11.9. The molecular formula is C21H35IN4O2. The average Bonchev–Trinajstić information content (AvgIpc) is 3.12. The quantitative estimate of drug-likeness (QED) is 0.275. The number of hydrogen-bond donors (Lipinski definition) is 3. The standard InChI is InChI=1S/C21H34N4O2.HI/c1-4-22-21(23-13-12-20(26)25-18-9-5-6-10-18)24-15-17(3)27-19-11-7-8-16(2)14-19;/h7-8,11,14,17-18H,4-6,9-10,12-13,15H2,1-3H3,(H,25,26)(H2,22,23,24);1H. The molecule has 1 aromatic carbocycles. The summed E-state index contributed by atoms with van der Waals surface area (Å²) in [6, 6.07) is 8.39. The second-order valence-corrected chi connectivity index (χ2v) is 7.19. The monoisotopic (exact) mass is 502 g/mol. The largest absolute Gasteiger partial charge is 0.489 e. The molecule has 3 N–H and O–H groups in total. The van der Waals surface area contributed by atoms with E-state index in [1.165, 1.54) is 18.4 Å². The highest BCUT2D eigenvalue weighted by Gasteiger charge is 2.16. The van der Waals surface area contributed by atoms with Gasteiger partial charge in [0, 0.05) is 25.6 Å². The predicted octanol–water partition coefficient (Wildman–Crippen LogP) is 3.38. The molecule has 0 spiro atoms. The van der Waals surface area contributed by atoms with Crippen molar-refractivity contribution in [3.63, 3.8) is 0 Å². The number of hydrogen-bond acceptors (Lipinski definition) is 3. The first kappa shape index (κ1) is 24.5. The van der Waals surface area contributed by atoms with Gasteiger partial charge < -0.3 is 20.7 Å². The summed E-state index contributed by atoms with van der Waals surface area (Å²) < 4.78 is 5.91. The van der Waals surface area contributed by atoms with Gasteiger partial charge in [0.05, 0.1) is 6.54 Å². The number of rotatable bonds is 9. The number of nitrogens with one attached hydrogen (secondary N) is 3. The molecule has 6 nitrogen and oxygen atoms in total. The van der Waals surface area contributed by atoms with E-state index in [1.54, 1.807) is 0 Å². The van der Waals surface area contributed by atoms with Crippen LogP contribution in [0.3, 0.4) is 0 Å². The van der Waals surface area contributed by atoms with Crippen molar-refractivity contribution < 1.29 is 9.53 Å². The van der Waals surface area contributed by atoms with Crippen molar-refractivity contribution in [2.24, 2.45) is 4.99 Å². The van der Waals surface area contributed by atoms with Crippen LogP contribution in [0.5, 0.6) is 5.75 Å². The van der Waals surface area contributed by atoms with Crippen molar-refractivity contribution in [3.8, 4) is 5.75 Å². The minimum absolute atomic E-state index is 0. The van der Waals surface area contributed by atoms with E-state index in [1.807, 2.05) is 45.0 Å². The summed E-state index contributed by atoms with van der Waals surface area (Å²) in [7, 11) is 0. The number of guanidine groups is 1. The fourth-order valence-electron chi connectivity index (χ4n) is 3.18. The maximum absolute atomic E-state index is 12.0. The molecule has 1 saturated carbocycles. The van der Waals surface area contributed by atoms with Crippen molar-refractivity contribution in [1.82, 2.24) is 16.0 Å². The highest BCUT2D eigenvalue weighted by molar-refractivity contribution is 14.0. The van der Waals surface area contributed by atoms with Gasteiger partial charge in [0.25, 0.3) is 0 Å². The Labute approximate surface area is 186 Å². The Morgan fingerprint density at radius 1 is 1.29 bits per heavy atom. The fraction of sp³-hybridized carbons (Fsp3) is 0.619. The third-order valence-electron chi connectivity index (χ3n) is 4.54. The molecule has 1 fully saturated rings. The van der Waals surface area contributed by atoms with Crippen molar-refractivity contribution in [2.45, 2.75) is 65.0 Å². The van der Waals surface area contributed by atoms with Gasteiger partial charge in [0.2, 0.25) is 5.91 Å². The van der Waals surface area contributed by atoms with Gasteiger partial charge in [-0.25, -0.2) is 4.99 Å². The van der Waals surface area contributed by atoms with Crippen LogP contribution in [0.15, 0.2) is 29.3 Å². The van der Waals surface area contributed by atoms with Crippen LogP contribution in [-0.2, 0) is 4.79 Å². The number of benzene rings is 1. The minimum atomic E-state index is -0.0343. The molecule has 0 aliphatic heterocycles. The molecule has 0 bridgehead atoms. The second-order valence-electron chi connectivity index (χ2n) is 7.19.